The Bertz CT molecular complexity index is 631. The molecule has 1 aromatic carbocycles. The average molecular weight is 270 g/mol. The molecule has 0 fully saturated rings. The highest BCUT2D eigenvalue weighted by atomic mass is 35.5. The lowest BCUT2D eigenvalue weighted by Gasteiger charge is -2.12. The van der Waals surface area contributed by atoms with Gasteiger partial charge in [-0.1, -0.05) is 11.6 Å². The first-order valence-corrected chi connectivity index (χ1v) is 5.95. The van der Waals surface area contributed by atoms with Crippen molar-refractivity contribution in [3.8, 4) is 0 Å². The van der Waals surface area contributed by atoms with Crippen LogP contribution in [0.2, 0.25) is 5.02 Å². The highest BCUT2D eigenvalue weighted by Crippen LogP contribution is 2.23. The fourth-order valence-corrected chi connectivity index (χ4v) is 2.48. The van der Waals surface area contributed by atoms with Crippen LogP contribution in [0.5, 0.6) is 0 Å². The SMILES string of the molecule is CC(CC(N)=O)n1c(=S)[nH]c2cc(Cl)ccc21. The number of primary amides is 1. The van der Waals surface area contributed by atoms with E-state index in [1.54, 1.807) is 12.1 Å². The quantitative estimate of drug-likeness (QED) is 0.842. The predicted molar refractivity (Wildman–Crippen MR) is 70.7 cm³/mol. The van der Waals surface area contributed by atoms with Gasteiger partial charge in [0.05, 0.1) is 11.0 Å². The van der Waals surface area contributed by atoms with E-state index in [-0.39, 0.29) is 18.4 Å². The first-order chi connectivity index (χ1) is 7.99. The largest absolute Gasteiger partial charge is 0.370 e. The van der Waals surface area contributed by atoms with Gasteiger partial charge in [0.2, 0.25) is 5.91 Å². The first-order valence-electron chi connectivity index (χ1n) is 5.17. The van der Waals surface area contributed by atoms with Crippen LogP contribution in [0, 0.1) is 4.77 Å². The second kappa shape index (κ2) is 4.50. The zero-order valence-corrected chi connectivity index (χ0v) is 10.8. The van der Waals surface area contributed by atoms with E-state index in [0.717, 1.165) is 11.0 Å². The Morgan fingerprint density at radius 2 is 2.35 bits per heavy atom. The predicted octanol–water partition coefficient (Wildman–Crippen LogP) is 2.79. The molecule has 0 aliphatic carbocycles. The molecule has 1 amide bonds. The molecule has 4 nitrogen and oxygen atoms in total. The van der Waals surface area contributed by atoms with Gasteiger partial charge in [-0.05, 0) is 37.3 Å². The van der Waals surface area contributed by atoms with Gasteiger partial charge in [-0.25, -0.2) is 0 Å². The summed E-state index contributed by atoms with van der Waals surface area (Å²) in [6, 6.07) is 5.40. The molecule has 2 aromatic rings. The summed E-state index contributed by atoms with van der Waals surface area (Å²) < 4.78 is 2.45. The van der Waals surface area contributed by atoms with E-state index in [4.69, 9.17) is 29.6 Å². The lowest BCUT2D eigenvalue weighted by Crippen LogP contribution is -2.17. The minimum Gasteiger partial charge on any atom is -0.370 e. The molecule has 2 rings (SSSR count). The van der Waals surface area contributed by atoms with Crippen molar-refractivity contribution in [1.29, 1.82) is 0 Å². The van der Waals surface area contributed by atoms with Crippen LogP contribution in [0.3, 0.4) is 0 Å². The van der Waals surface area contributed by atoms with Crippen molar-refractivity contribution in [3.05, 3.63) is 28.0 Å². The number of hydrogen-bond acceptors (Lipinski definition) is 2. The number of carbonyl (C=O) groups is 1. The third-order valence-corrected chi connectivity index (χ3v) is 3.15. The summed E-state index contributed by atoms with van der Waals surface area (Å²) in [5.74, 6) is -0.345. The standard InChI is InChI=1S/C11H12ClN3OS/c1-6(4-10(13)16)15-9-3-2-7(12)5-8(9)14-11(15)17/h2-3,5-6H,4H2,1H3,(H2,13,16)(H,14,17). The van der Waals surface area contributed by atoms with Gasteiger partial charge < -0.3 is 15.3 Å². The molecule has 1 heterocycles. The minimum absolute atomic E-state index is 0.0741. The number of hydrogen-bond donors (Lipinski definition) is 2. The zero-order valence-electron chi connectivity index (χ0n) is 9.24. The van der Waals surface area contributed by atoms with Gasteiger partial charge in [0.25, 0.3) is 0 Å². The van der Waals surface area contributed by atoms with Crippen LogP contribution in [0.15, 0.2) is 18.2 Å². The number of aromatic amines is 1. The van der Waals surface area contributed by atoms with E-state index < -0.39 is 0 Å². The third-order valence-electron chi connectivity index (χ3n) is 2.62. The topological polar surface area (TPSA) is 63.8 Å². The normalized spacial score (nSPS) is 12.8. The molecule has 1 unspecified atom stereocenters. The molecular formula is C11H12ClN3OS. The maximum atomic E-state index is 10.9. The van der Waals surface area contributed by atoms with E-state index in [1.165, 1.54) is 0 Å². The molecule has 0 bridgehead atoms. The molecule has 1 aromatic heterocycles. The number of H-pyrrole nitrogens is 1. The summed E-state index contributed by atoms with van der Waals surface area (Å²) in [6.07, 6.45) is 0.254. The summed E-state index contributed by atoms with van der Waals surface area (Å²) in [5, 5.41) is 0.642. The van der Waals surface area contributed by atoms with Crippen molar-refractivity contribution in [3.63, 3.8) is 0 Å². The second-order valence-electron chi connectivity index (χ2n) is 3.98. The lowest BCUT2D eigenvalue weighted by molar-refractivity contribution is -0.118. The van der Waals surface area contributed by atoms with Gasteiger partial charge in [-0.2, -0.15) is 0 Å². The molecule has 0 saturated carbocycles. The Morgan fingerprint density at radius 3 is 3.00 bits per heavy atom. The number of benzene rings is 1. The van der Waals surface area contributed by atoms with Crippen molar-refractivity contribution in [2.45, 2.75) is 19.4 Å². The molecule has 90 valence electrons. The van der Waals surface area contributed by atoms with E-state index in [1.807, 2.05) is 17.6 Å². The summed E-state index contributed by atoms with van der Waals surface area (Å²) in [4.78, 5) is 14.0. The number of nitrogens with one attached hydrogen (secondary N) is 1. The number of aromatic nitrogens is 2. The smallest absolute Gasteiger partial charge is 0.219 e. The number of nitrogens with two attached hydrogens (primary N) is 1. The Labute approximate surface area is 108 Å². The minimum atomic E-state index is -0.345. The lowest BCUT2D eigenvalue weighted by atomic mass is 10.2. The van der Waals surface area contributed by atoms with Crippen molar-refractivity contribution >= 4 is 40.8 Å². The molecule has 6 heteroatoms. The van der Waals surface area contributed by atoms with Gasteiger partial charge >= 0.3 is 0 Å². The van der Waals surface area contributed by atoms with Crippen LogP contribution in [0.1, 0.15) is 19.4 Å². The van der Waals surface area contributed by atoms with Gasteiger partial charge in [-0.3, -0.25) is 4.79 Å². The van der Waals surface area contributed by atoms with Gasteiger partial charge in [0, 0.05) is 17.5 Å². The number of amides is 1. The summed E-state index contributed by atoms with van der Waals surface area (Å²) in [7, 11) is 0. The summed E-state index contributed by atoms with van der Waals surface area (Å²) >= 11 is 11.1. The molecule has 0 radical (unpaired) electrons. The Balaban J connectivity index is 2.57. The maximum Gasteiger partial charge on any atom is 0.219 e. The van der Waals surface area contributed by atoms with E-state index >= 15 is 0 Å². The summed E-state index contributed by atoms with van der Waals surface area (Å²) in [6.45, 7) is 1.91. The van der Waals surface area contributed by atoms with Crippen LogP contribution >= 0.6 is 23.8 Å². The molecule has 0 aliphatic rings. The Kier molecular flexibility index (Phi) is 3.22. The highest BCUT2D eigenvalue weighted by molar-refractivity contribution is 7.71. The average Bonchev–Trinajstić information content (AvgIpc) is 2.51. The monoisotopic (exact) mass is 269 g/mol. The van der Waals surface area contributed by atoms with Crippen molar-refractivity contribution in [2.75, 3.05) is 0 Å². The number of nitrogens with zero attached hydrogens (tertiary/aromatic N) is 1. The van der Waals surface area contributed by atoms with Crippen molar-refractivity contribution in [2.24, 2.45) is 5.73 Å². The van der Waals surface area contributed by atoms with E-state index in [2.05, 4.69) is 4.98 Å². The Morgan fingerprint density at radius 1 is 1.65 bits per heavy atom. The first kappa shape index (κ1) is 12.1. The van der Waals surface area contributed by atoms with Gasteiger partial charge in [0.15, 0.2) is 4.77 Å². The van der Waals surface area contributed by atoms with Crippen LogP contribution in [-0.4, -0.2) is 15.5 Å². The van der Waals surface area contributed by atoms with Gasteiger partial charge in [0.1, 0.15) is 0 Å². The number of halogens is 1. The van der Waals surface area contributed by atoms with Crippen molar-refractivity contribution < 1.29 is 4.79 Å². The third kappa shape index (κ3) is 2.35. The Hall–Kier alpha value is -1.33. The van der Waals surface area contributed by atoms with Crippen LogP contribution in [0.25, 0.3) is 11.0 Å². The highest BCUT2D eigenvalue weighted by Gasteiger charge is 2.13. The van der Waals surface area contributed by atoms with E-state index in [0.29, 0.717) is 9.79 Å². The van der Waals surface area contributed by atoms with Crippen molar-refractivity contribution in [1.82, 2.24) is 9.55 Å². The second-order valence-corrected chi connectivity index (χ2v) is 4.80. The molecular weight excluding hydrogens is 258 g/mol. The molecule has 17 heavy (non-hydrogen) atoms. The molecule has 0 aliphatic heterocycles. The van der Waals surface area contributed by atoms with E-state index in [9.17, 15) is 4.79 Å². The fraction of sp³-hybridized carbons (Fsp3) is 0.273. The fourth-order valence-electron chi connectivity index (χ4n) is 1.92. The number of imidazole rings is 1. The zero-order chi connectivity index (χ0) is 12.6. The number of rotatable bonds is 3. The molecule has 0 spiro atoms. The number of carbonyl (C=O) groups excluding carboxylic acids is 1. The molecule has 3 N–H and O–H groups in total. The number of fused-ring (bicyclic) bond motifs is 1. The molecule has 1 atom stereocenters. The van der Waals surface area contributed by atoms with Crippen LogP contribution in [-0.2, 0) is 4.79 Å². The van der Waals surface area contributed by atoms with Crippen LogP contribution < -0.4 is 5.73 Å². The van der Waals surface area contributed by atoms with Crippen LogP contribution in [0.4, 0.5) is 0 Å². The summed E-state index contributed by atoms with van der Waals surface area (Å²) in [5.41, 5.74) is 6.98. The maximum absolute atomic E-state index is 10.9. The molecule has 0 saturated heterocycles. The van der Waals surface area contributed by atoms with Gasteiger partial charge in [-0.15, -0.1) is 0 Å².